The highest BCUT2D eigenvalue weighted by atomic mass is 16.6. The van der Waals surface area contributed by atoms with E-state index in [2.05, 4.69) is 5.32 Å². The maximum atomic E-state index is 12.3. The summed E-state index contributed by atoms with van der Waals surface area (Å²) in [6, 6.07) is 14.4. The van der Waals surface area contributed by atoms with E-state index in [0.717, 1.165) is 0 Å². The third-order valence-electron chi connectivity index (χ3n) is 4.80. The van der Waals surface area contributed by atoms with Crippen LogP contribution in [0.1, 0.15) is 0 Å². The van der Waals surface area contributed by atoms with Crippen LogP contribution in [0, 0.1) is 0 Å². The fourth-order valence-corrected chi connectivity index (χ4v) is 3.28. The number of hydrogen-bond acceptors (Lipinski definition) is 6. The Morgan fingerprint density at radius 1 is 1.10 bits per heavy atom. The summed E-state index contributed by atoms with van der Waals surface area (Å²) < 4.78 is 19.1. The number of aromatic nitrogens is 2. The highest BCUT2D eigenvalue weighted by molar-refractivity contribution is 5.82. The van der Waals surface area contributed by atoms with Gasteiger partial charge in [0.05, 0.1) is 17.6 Å². The molecule has 9 heteroatoms. The summed E-state index contributed by atoms with van der Waals surface area (Å²) in [5, 5.41) is 2.65. The van der Waals surface area contributed by atoms with Crippen LogP contribution in [-0.2, 0) is 27.9 Å². The number of hydrogen-bond donors (Lipinski definition) is 1. The van der Waals surface area contributed by atoms with Gasteiger partial charge < -0.3 is 19.5 Å². The van der Waals surface area contributed by atoms with Crippen LogP contribution in [0.5, 0.6) is 11.5 Å². The molecule has 4 rings (SSSR count). The number of esters is 1. The van der Waals surface area contributed by atoms with Gasteiger partial charge in [-0.1, -0.05) is 24.3 Å². The number of para-hydroxylation sites is 4. The van der Waals surface area contributed by atoms with E-state index in [4.69, 9.17) is 14.2 Å². The van der Waals surface area contributed by atoms with Crippen molar-refractivity contribution in [3.8, 4) is 11.5 Å². The zero-order chi connectivity index (χ0) is 21.1. The number of ether oxygens (including phenoxy) is 3. The van der Waals surface area contributed by atoms with Gasteiger partial charge in [0.1, 0.15) is 19.3 Å². The van der Waals surface area contributed by atoms with Crippen LogP contribution >= 0.6 is 0 Å². The lowest BCUT2D eigenvalue weighted by atomic mass is 10.2. The molecule has 1 aliphatic rings. The monoisotopic (exact) mass is 411 g/mol. The van der Waals surface area contributed by atoms with Crippen molar-refractivity contribution < 1.29 is 23.8 Å². The Bertz CT molecular complexity index is 1150. The summed E-state index contributed by atoms with van der Waals surface area (Å²) in [5.41, 5.74) is 1.01. The van der Waals surface area contributed by atoms with Crippen LogP contribution in [0.2, 0.25) is 0 Å². The number of carbonyl (C=O) groups excluding carboxylic acids is 2. The predicted molar refractivity (Wildman–Crippen MR) is 108 cm³/mol. The molecule has 0 radical (unpaired) electrons. The summed E-state index contributed by atoms with van der Waals surface area (Å²) in [4.78, 5) is 36.5. The molecule has 3 aromatic rings. The fraction of sp³-hybridized carbons (Fsp3) is 0.286. The quantitative estimate of drug-likeness (QED) is 0.604. The molecule has 1 unspecified atom stereocenters. The minimum atomic E-state index is -0.671. The lowest BCUT2D eigenvalue weighted by Gasteiger charge is -2.26. The molecule has 9 nitrogen and oxygen atoms in total. The van der Waals surface area contributed by atoms with Gasteiger partial charge in [-0.25, -0.2) is 4.79 Å². The van der Waals surface area contributed by atoms with Crippen molar-refractivity contribution in [2.75, 3.05) is 19.8 Å². The van der Waals surface area contributed by atoms with Gasteiger partial charge in [0.2, 0.25) is 0 Å². The van der Waals surface area contributed by atoms with Crippen LogP contribution in [0.15, 0.2) is 53.3 Å². The zero-order valence-corrected chi connectivity index (χ0v) is 16.4. The first kappa shape index (κ1) is 19.6. The van der Waals surface area contributed by atoms with Crippen LogP contribution in [0.3, 0.4) is 0 Å². The third-order valence-corrected chi connectivity index (χ3v) is 4.80. The lowest BCUT2D eigenvalue weighted by molar-refractivity contribution is -0.149. The number of fused-ring (bicyclic) bond motifs is 2. The van der Waals surface area contributed by atoms with Crippen LogP contribution < -0.4 is 20.5 Å². The van der Waals surface area contributed by atoms with Gasteiger partial charge >= 0.3 is 11.7 Å². The first-order valence-electron chi connectivity index (χ1n) is 9.48. The van der Waals surface area contributed by atoms with Crippen LogP contribution in [0.4, 0.5) is 0 Å². The Balaban J connectivity index is 1.26. The number of aryl methyl sites for hydroxylation is 1. The van der Waals surface area contributed by atoms with Crippen LogP contribution in [0.25, 0.3) is 11.0 Å². The Kier molecular flexibility index (Phi) is 5.42. The maximum Gasteiger partial charge on any atom is 0.329 e. The minimum Gasteiger partial charge on any atom is -0.486 e. The number of benzene rings is 2. The normalized spacial score (nSPS) is 15.0. The van der Waals surface area contributed by atoms with Gasteiger partial charge in [0.25, 0.3) is 5.91 Å². The summed E-state index contributed by atoms with van der Waals surface area (Å²) in [6.45, 7) is -0.194. The second-order valence-electron chi connectivity index (χ2n) is 6.88. The highest BCUT2D eigenvalue weighted by Crippen LogP contribution is 2.30. The largest absolute Gasteiger partial charge is 0.486 e. The smallest absolute Gasteiger partial charge is 0.329 e. The number of amides is 1. The van der Waals surface area contributed by atoms with Gasteiger partial charge in [0, 0.05) is 7.05 Å². The molecule has 0 aliphatic carbocycles. The third kappa shape index (κ3) is 4.00. The van der Waals surface area contributed by atoms with Crippen molar-refractivity contribution in [2.24, 2.45) is 7.05 Å². The maximum absolute atomic E-state index is 12.3. The summed E-state index contributed by atoms with van der Waals surface area (Å²) in [5.74, 6) is 0.151. The minimum absolute atomic E-state index is 0.216. The molecule has 1 aliphatic heterocycles. The second-order valence-corrected chi connectivity index (χ2v) is 6.88. The number of nitrogens with zero attached hydrogens (tertiary/aromatic N) is 2. The molecule has 1 N–H and O–H groups in total. The molecule has 156 valence electrons. The van der Waals surface area contributed by atoms with Crippen molar-refractivity contribution in [1.82, 2.24) is 14.5 Å². The molecule has 1 amide bonds. The number of carbonyl (C=O) groups is 2. The van der Waals surface area contributed by atoms with Gasteiger partial charge in [0.15, 0.2) is 18.1 Å². The standard InChI is InChI=1S/C21H21N3O6/c1-23-15-6-2-3-7-16(15)24(21(23)27)11-20(26)29-13-19(25)22-10-14-12-28-17-8-4-5-9-18(17)30-14/h2-9,14H,10-13H2,1H3,(H,22,25). The van der Waals surface area contributed by atoms with Gasteiger partial charge in [-0.05, 0) is 24.3 Å². The van der Waals surface area contributed by atoms with Crippen molar-refractivity contribution >= 4 is 22.9 Å². The summed E-state index contributed by atoms with van der Waals surface area (Å²) in [7, 11) is 1.63. The molecular weight excluding hydrogens is 390 g/mol. The molecule has 0 bridgehead atoms. The molecule has 0 saturated heterocycles. The highest BCUT2D eigenvalue weighted by Gasteiger charge is 2.21. The van der Waals surface area contributed by atoms with Gasteiger partial charge in [-0.3, -0.25) is 18.7 Å². The zero-order valence-electron chi connectivity index (χ0n) is 16.4. The van der Waals surface area contributed by atoms with Crippen molar-refractivity contribution in [3.63, 3.8) is 0 Å². The van der Waals surface area contributed by atoms with E-state index in [9.17, 15) is 14.4 Å². The topological polar surface area (TPSA) is 101 Å². The first-order valence-corrected chi connectivity index (χ1v) is 9.48. The Hall–Kier alpha value is -3.75. The Morgan fingerprint density at radius 3 is 2.60 bits per heavy atom. The SMILES string of the molecule is Cn1c(=O)n(CC(=O)OCC(=O)NCC2COc3ccccc3O2)c2ccccc21. The van der Waals surface area contributed by atoms with E-state index in [-0.39, 0.29) is 24.9 Å². The van der Waals surface area contributed by atoms with E-state index in [1.54, 1.807) is 31.3 Å². The number of imidazole rings is 1. The Labute approximate surface area is 171 Å². The molecule has 0 saturated carbocycles. The number of nitrogens with one attached hydrogen (secondary N) is 1. The van der Waals surface area contributed by atoms with Gasteiger partial charge in [-0.2, -0.15) is 0 Å². The van der Waals surface area contributed by atoms with Crippen molar-refractivity contribution in [3.05, 3.63) is 59.0 Å². The molecule has 30 heavy (non-hydrogen) atoms. The number of rotatable bonds is 6. The van der Waals surface area contributed by atoms with E-state index in [1.807, 2.05) is 24.3 Å². The fourth-order valence-electron chi connectivity index (χ4n) is 3.28. The average molecular weight is 411 g/mol. The summed E-state index contributed by atoms with van der Waals surface area (Å²) >= 11 is 0. The molecule has 2 heterocycles. The second kappa shape index (κ2) is 8.32. The molecule has 0 spiro atoms. The van der Waals surface area contributed by atoms with E-state index >= 15 is 0 Å². The predicted octanol–water partition coefficient (Wildman–Crippen LogP) is 0.839. The van der Waals surface area contributed by atoms with Crippen molar-refractivity contribution in [1.29, 1.82) is 0 Å². The lowest BCUT2D eigenvalue weighted by Crippen LogP contribution is -2.42. The van der Waals surface area contributed by atoms with E-state index < -0.39 is 18.5 Å². The summed E-state index contributed by atoms with van der Waals surface area (Å²) in [6.07, 6.45) is -0.339. The molecule has 2 aromatic carbocycles. The molecule has 1 aromatic heterocycles. The average Bonchev–Trinajstić information content (AvgIpc) is 3.01. The van der Waals surface area contributed by atoms with E-state index in [1.165, 1.54) is 9.13 Å². The molecule has 1 atom stereocenters. The Morgan fingerprint density at radius 2 is 1.80 bits per heavy atom. The first-order chi connectivity index (χ1) is 14.5. The van der Waals surface area contributed by atoms with Crippen molar-refractivity contribution in [2.45, 2.75) is 12.6 Å². The van der Waals surface area contributed by atoms with Gasteiger partial charge in [-0.15, -0.1) is 0 Å². The van der Waals surface area contributed by atoms with Crippen LogP contribution in [-0.4, -0.2) is 46.9 Å². The van der Waals surface area contributed by atoms with E-state index in [0.29, 0.717) is 29.1 Å². The molecular formula is C21H21N3O6. The molecule has 0 fully saturated rings.